The van der Waals surface area contributed by atoms with Gasteiger partial charge in [-0.2, -0.15) is 13.2 Å². The minimum atomic E-state index is -4.90. The van der Waals surface area contributed by atoms with Crippen LogP contribution in [-0.4, -0.2) is 22.1 Å². The average molecular weight is 795 g/mol. The first-order valence-electron chi connectivity index (χ1n) is 15.4. The van der Waals surface area contributed by atoms with Gasteiger partial charge < -0.3 is 5.11 Å². The first kappa shape index (κ1) is 36.4. The number of allylic oxidation sites excluding steroid dienone is 2. The molecule has 1 heterocycles. The number of halogens is 3. The van der Waals surface area contributed by atoms with Gasteiger partial charge in [0.05, 0.1) is 11.3 Å². The van der Waals surface area contributed by atoms with E-state index in [2.05, 4.69) is 89.2 Å². The van der Waals surface area contributed by atoms with E-state index in [0.717, 1.165) is 29.1 Å². The normalized spacial score (nSPS) is 14.4. The van der Waals surface area contributed by atoms with Crippen molar-refractivity contribution in [1.82, 2.24) is 4.98 Å². The number of hydrogen-bond acceptors (Lipinski definition) is 3. The van der Waals surface area contributed by atoms with Crippen molar-refractivity contribution in [2.75, 3.05) is 0 Å². The van der Waals surface area contributed by atoms with Crippen LogP contribution in [0.1, 0.15) is 82.6 Å². The number of aliphatic hydroxyl groups is 1. The van der Waals surface area contributed by atoms with Gasteiger partial charge in [-0.25, -0.2) is 0 Å². The number of aromatic nitrogens is 1. The van der Waals surface area contributed by atoms with Crippen LogP contribution in [0.25, 0.3) is 32.9 Å². The van der Waals surface area contributed by atoms with Crippen LogP contribution in [0.15, 0.2) is 60.4 Å². The third-order valence-electron chi connectivity index (χ3n) is 8.32. The SMILES string of the molecule is CC(C)/C(O)=C/C(=O)C(F)(F)F.Cc1cc(C)c2c(CC3CCCC3)cc(-c3[c-]c4ccccc4c(C(C)(C)C)c3)nc2c1.[Ir]. The minimum absolute atomic E-state index is 0. The zero-order valence-electron chi connectivity index (χ0n) is 27.2. The molecular formula is C38H43F3IrNO2-. The number of hydrogen-bond donors (Lipinski definition) is 1. The maximum atomic E-state index is 11.6. The van der Waals surface area contributed by atoms with Crippen molar-refractivity contribution in [2.24, 2.45) is 11.8 Å². The second kappa shape index (κ2) is 14.6. The second-order valence-electron chi connectivity index (χ2n) is 13.5. The fourth-order valence-corrected chi connectivity index (χ4v) is 6.05. The molecule has 1 fully saturated rings. The Bertz CT molecular complexity index is 1690. The summed E-state index contributed by atoms with van der Waals surface area (Å²) in [6.07, 6.45) is 1.95. The number of pyridine rings is 1. The topological polar surface area (TPSA) is 50.2 Å². The number of benzene rings is 3. The Labute approximate surface area is 278 Å². The Kier molecular flexibility index (Phi) is 11.8. The number of aryl methyl sites for hydroxylation is 2. The molecule has 5 rings (SSSR count). The largest absolute Gasteiger partial charge is 0.512 e. The Morgan fingerprint density at radius 2 is 1.69 bits per heavy atom. The van der Waals surface area contributed by atoms with Crippen LogP contribution < -0.4 is 0 Å². The van der Waals surface area contributed by atoms with Gasteiger partial charge in [0.15, 0.2) is 0 Å². The van der Waals surface area contributed by atoms with Crippen molar-refractivity contribution >= 4 is 27.5 Å². The van der Waals surface area contributed by atoms with Gasteiger partial charge in [-0.1, -0.05) is 102 Å². The molecule has 1 radical (unpaired) electrons. The average Bonchev–Trinajstić information content (AvgIpc) is 3.44. The molecule has 0 aliphatic heterocycles. The van der Waals surface area contributed by atoms with Gasteiger partial charge in [-0.3, -0.25) is 9.78 Å². The van der Waals surface area contributed by atoms with Gasteiger partial charge in [-0.05, 0) is 54.4 Å². The molecule has 3 nitrogen and oxygen atoms in total. The smallest absolute Gasteiger partial charge is 0.454 e. The summed E-state index contributed by atoms with van der Waals surface area (Å²) in [6.45, 7) is 14.3. The van der Waals surface area contributed by atoms with E-state index in [0.29, 0.717) is 0 Å². The molecule has 243 valence electrons. The third kappa shape index (κ3) is 9.04. The van der Waals surface area contributed by atoms with E-state index in [9.17, 15) is 18.0 Å². The Balaban J connectivity index is 0.000000365. The quantitative estimate of drug-likeness (QED) is 0.124. The van der Waals surface area contributed by atoms with E-state index < -0.39 is 23.6 Å². The molecule has 0 bridgehead atoms. The molecule has 1 aromatic heterocycles. The summed E-state index contributed by atoms with van der Waals surface area (Å²) >= 11 is 0. The zero-order chi connectivity index (χ0) is 32.4. The first-order chi connectivity index (χ1) is 20.5. The number of carbonyl (C=O) groups is 1. The van der Waals surface area contributed by atoms with Crippen LogP contribution >= 0.6 is 0 Å². The van der Waals surface area contributed by atoms with Gasteiger partial charge >= 0.3 is 6.18 Å². The van der Waals surface area contributed by atoms with Gasteiger partial charge in [0.2, 0.25) is 0 Å². The number of rotatable bonds is 5. The summed E-state index contributed by atoms with van der Waals surface area (Å²) in [5.41, 5.74) is 8.82. The Morgan fingerprint density at radius 3 is 2.29 bits per heavy atom. The van der Waals surface area contributed by atoms with Crippen molar-refractivity contribution < 1.29 is 43.2 Å². The van der Waals surface area contributed by atoms with Crippen molar-refractivity contribution in [3.63, 3.8) is 0 Å². The van der Waals surface area contributed by atoms with E-state index in [-0.39, 0.29) is 31.6 Å². The van der Waals surface area contributed by atoms with E-state index in [1.54, 1.807) is 0 Å². The zero-order valence-corrected chi connectivity index (χ0v) is 29.6. The molecule has 45 heavy (non-hydrogen) atoms. The summed E-state index contributed by atoms with van der Waals surface area (Å²) in [4.78, 5) is 15.4. The Hall–Kier alpha value is -3.02. The van der Waals surface area contributed by atoms with Crippen molar-refractivity contribution in [1.29, 1.82) is 0 Å². The van der Waals surface area contributed by atoms with Crippen molar-refractivity contribution in [3.8, 4) is 11.3 Å². The number of aliphatic hydroxyl groups excluding tert-OH is 1. The second-order valence-corrected chi connectivity index (χ2v) is 13.5. The van der Waals surface area contributed by atoms with Crippen LogP contribution in [-0.2, 0) is 36.7 Å². The fraction of sp³-hybridized carbons (Fsp3) is 0.421. The van der Waals surface area contributed by atoms with Crippen LogP contribution in [0.3, 0.4) is 0 Å². The molecule has 0 amide bonds. The van der Waals surface area contributed by atoms with Gasteiger partial charge in [0, 0.05) is 43.2 Å². The molecule has 0 saturated heterocycles. The van der Waals surface area contributed by atoms with Crippen LogP contribution in [0.2, 0.25) is 0 Å². The summed E-state index contributed by atoms with van der Waals surface area (Å²) in [7, 11) is 0. The van der Waals surface area contributed by atoms with Crippen molar-refractivity contribution in [3.05, 3.63) is 88.7 Å². The van der Waals surface area contributed by atoms with Crippen LogP contribution in [0, 0.1) is 31.7 Å². The molecule has 4 aromatic rings. The molecule has 1 saturated carbocycles. The van der Waals surface area contributed by atoms with Crippen molar-refractivity contribution in [2.45, 2.75) is 92.2 Å². The Morgan fingerprint density at radius 1 is 1.04 bits per heavy atom. The van der Waals surface area contributed by atoms with E-state index in [1.165, 1.54) is 77.9 Å². The number of nitrogens with zero attached hydrogens (tertiary/aromatic N) is 1. The molecule has 1 N–H and O–H groups in total. The number of alkyl halides is 3. The van der Waals surface area contributed by atoms with E-state index in [1.807, 2.05) is 0 Å². The molecule has 7 heteroatoms. The summed E-state index contributed by atoms with van der Waals surface area (Å²) in [5.74, 6) is -2.26. The maximum Gasteiger partial charge on any atom is 0.454 e. The van der Waals surface area contributed by atoms with E-state index >= 15 is 0 Å². The van der Waals surface area contributed by atoms with Gasteiger partial charge in [-0.15, -0.1) is 29.1 Å². The number of carbonyl (C=O) groups excluding carboxylic acids is 1. The van der Waals surface area contributed by atoms with Gasteiger partial charge in [0.1, 0.15) is 0 Å². The minimum Gasteiger partial charge on any atom is -0.512 e. The molecule has 0 unspecified atom stereocenters. The summed E-state index contributed by atoms with van der Waals surface area (Å²) in [6, 6.07) is 21.6. The van der Waals surface area contributed by atoms with Crippen LogP contribution in [0.4, 0.5) is 13.2 Å². The predicted octanol–water partition coefficient (Wildman–Crippen LogP) is 10.7. The maximum absolute atomic E-state index is 11.6. The molecular weight excluding hydrogens is 752 g/mol. The van der Waals surface area contributed by atoms with E-state index in [4.69, 9.17) is 10.1 Å². The van der Waals surface area contributed by atoms with Gasteiger partial charge in [0.25, 0.3) is 5.78 Å². The summed E-state index contributed by atoms with van der Waals surface area (Å²) in [5, 5.41) is 12.6. The molecule has 1 aliphatic rings. The molecule has 0 atom stereocenters. The van der Waals surface area contributed by atoms with Crippen LogP contribution in [0.5, 0.6) is 0 Å². The molecule has 0 spiro atoms. The molecule has 3 aromatic carbocycles. The number of fused-ring (bicyclic) bond motifs is 2. The monoisotopic (exact) mass is 795 g/mol. The standard InChI is InChI=1S/C31H34N.C7H9F3O2.Ir/c1-20-14-21(2)30-25(16-22-10-6-7-11-22)19-28(32-29(30)15-20)24-17-23-12-8-9-13-26(23)27(18-24)31(3,4)5;1-4(2)5(11)3-6(12)7(8,9)10;/h8-9,12-15,18-19,22H,6-7,10-11,16H2,1-5H3;3-4,11H,1-2H3;/q-1;;/b;5-3-;. The third-order valence-corrected chi connectivity index (χ3v) is 8.32. The number of ketones is 1. The predicted molar refractivity (Wildman–Crippen MR) is 174 cm³/mol. The molecule has 1 aliphatic carbocycles. The fourth-order valence-electron chi connectivity index (χ4n) is 6.05. The first-order valence-corrected chi connectivity index (χ1v) is 15.4. The summed E-state index contributed by atoms with van der Waals surface area (Å²) < 4.78 is 34.7.